The largest absolute Gasteiger partial charge is 0.508 e. The van der Waals surface area contributed by atoms with Crippen LogP contribution in [-0.4, -0.2) is 29.0 Å². The fraction of sp³-hybridized carbons (Fsp3) is 0.417. The fourth-order valence-electron chi connectivity index (χ4n) is 1.95. The summed E-state index contributed by atoms with van der Waals surface area (Å²) in [6.45, 7) is 5.86. The molecular weight excluding hydrogens is 190 g/mol. The summed E-state index contributed by atoms with van der Waals surface area (Å²) in [4.78, 5) is 13.7. The van der Waals surface area contributed by atoms with Crippen LogP contribution in [0, 0.1) is 5.41 Å². The first-order valence-electron chi connectivity index (χ1n) is 5.06. The molecule has 3 nitrogen and oxygen atoms in total. The molecule has 1 saturated heterocycles. The maximum atomic E-state index is 11.9. The molecule has 3 heteroatoms. The Kier molecular flexibility index (Phi) is 2.18. The van der Waals surface area contributed by atoms with Crippen LogP contribution in [0.3, 0.4) is 0 Å². The fourth-order valence-corrected chi connectivity index (χ4v) is 1.95. The Morgan fingerprint density at radius 2 is 2.07 bits per heavy atom. The molecule has 1 aromatic rings. The Labute approximate surface area is 89.3 Å². The van der Waals surface area contributed by atoms with Crippen molar-refractivity contribution in [2.45, 2.75) is 13.8 Å². The van der Waals surface area contributed by atoms with Crippen LogP contribution < -0.4 is 0 Å². The number of hydrogen-bond donors (Lipinski definition) is 1. The normalized spacial score (nSPS) is 18.4. The second-order valence-corrected chi connectivity index (χ2v) is 4.88. The quantitative estimate of drug-likeness (QED) is 0.760. The molecule has 1 amide bonds. The van der Waals surface area contributed by atoms with E-state index in [1.54, 1.807) is 23.1 Å². The third kappa shape index (κ3) is 1.96. The van der Waals surface area contributed by atoms with E-state index in [4.69, 9.17) is 0 Å². The number of likely N-dealkylation sites (tertiary alicyclic amines) is 1. The van der Waals surface area contributed by atoms with E-state index in [1.165, 1.54) is 6.07 Å². The van der Waals surface area contributed by atoms with E-state index in [9.17, 15) is 9.90 Å². The lowest BCUT2D eigenvalue weighted by Gasteiger charge is -2.45. The van der Waals surface area contributed by atoms with Crippen molar-refractivity contribution in [3.05, 3.63) is 29.8 Å². The maximum absolute atomic E-state index is 11.9. The molecule has 0 spiro atoms. The predicted octanol–water partition coefficient (Wildman–Crippen LogP) is 1.87. The number of carbonyl (C=O) groups is 1. The number of nitrogens with zero attached hydrogens (tertiary/aromatic N) is 1. The predicted molar refractivity (Wildman–Crippen MR) is 57.8 cm³/mol. The Morgan fingerprint density at radius 3 is 2.60 bits per heavy atom. The summed E-state index contributed by atoms with van der Waals surface area (Å²) in [5.74, 6) is 0.144. The summed E-state index contributed by atoms with van der Waals surface area (Å²) in [7, 11) is 0. The summed E-state index contributed by atoms with van der Waals surface area (Å²) >= 11 is 0. The minimum absolute atomic E-state index is 0.00484. The van der Waals surface area contributed by atoms with Gasteiger partial charge in [0.1, 0.15) is 5.75 Å². The Bertz CT molecular complexity index is 390. The molecular formula is C12H15NO2. The monoisotopic (exact) mass is 205 g/mol. The van der Waals surface area contributed by atoms with Crippen molar-refractivity contribution in [1.82, 2.24) is 4.90 Å². The van der Waals surface area contributed by atoms with Gasteiger partial charge < -0.3 is 10.0 Å². The van der Waals surface area contributed by atoms with E-state index < -0.39 is 0 Å². The van der Waals surface area contributed by atoms with Gasteiger partial charge in [0, 0.05) is 18.7 Å². The Morgan fingerprint density at radius 1 is 1.40 bits per heavy atom. The van der Waals surface area contributed by atoms with E-state index in [0.29, 0.717) is 5.56 Å². The van der Waals surface area contributed by atoms with Gasteiger partial charge in [-0.05, 0) is 23.6 Å². The molecule has 1 N–H and O–H groups in total. The summed E-state index contributed by atoms with van der Waals surface area (Å²) in [5.41, 5.74) is 0.803. The second kappa shape index (κ2) is 3.26. The molecule has 0 aromatic heterocycles. The highest BCUT2D eigenvalue weighted by Gasteiger charge is 2.37. The second-order valence-electron chi connectivity index (χ2n) is 4.88. The lowest BCUT2D eigenvalue weighted by molar-refractivity contribution is 0.0236. The molecule has 0 bridgehead atoms. The third-order valence-corrected chi connectivity index (χ3v) is 2.62. The van der Waals surface area contributed by atoms with Crippen molar-refractivity contribution < 1.29 is 9.90 Å². The molecule has 1 heterocycles. The van der Waals surface area contributed by atoms with E-state index in [1.807, 2.05) is 0 Å². The van der Waals surface area contributed by atoms with Gasteiger partial charge >= 0.3 is 0 Å². The molecule has 0 unspecified atom stereocenters. The first kappa shape index (κ1) is 10.0. The summed E-state index contributed by atoms with van der Waals surface area (Å²) in [6.07, 6.45) is 0. The number of rotatable bonds is 1. The van der Waals surface area contributed by atoms with Gasteiger partial charge in [-0.3, -0.25) is 4.79 Å². The van der Waals surface area contributed by atoms with Crippen molar-refractivity contribution in [2.75, 3.05) is 13.1 Å². The van der Waals surface area contributed by atoms with Crippen LogP contribution >= 0.6 is 0 Å². The van der Waals surface area contributed by atoms with Crippen LogP contribution in [0.25, 0.3) is 0 Å². The summed E-state index contributed by atoms with van der Waals surface area (Å²) in [6, 6.07) is 6.49. The molecule has 0 aliphatic carbocycles. The van der Waals surface area contributed by atoms with Crippen molar-refractivity contribution in [3.8, 4) is 5.75 Å². The van der Waals surface area contributed by atoms with E-state index in [0.717, 1.165) is 13.1 Å². The minimum atomic E-state index is 0.00484. The van der Waals surface area contributed by atoms with E-state index in [-0.39, 0.29) is 17.1 Å². The first-order chi connectivity index (χ1) is 6.98. The number of phenolic OH excluding ortho intramolecular Hbond substituents is 1. The topological polar surface area (TPSA) is 40.5 Å². The lowest BCUT2D eigenvalue weighted by atomic mass is 9.84. The van der Waals surface area contributed by atoms with Gasteiger partial charge in [-0.2, -0.15) is 0 Å². The van der Waals surface area contributed by atoms with Gasteiger partial charge in [-0.1, -0.05) is 19.9 Å². The lowest BCUT2D eigenvalue weighted by Crippen LogP contribution is -2.55. The van der Waals surface area contributed by atoms with E-state index >= 15 is 0 Å². The molecule has 0 atom stereocenters. The first-order valence-corrected chi connectivity index (χ1v) is 5.06. The molecule has 80 valence electrons. The van der Waals surface area contributed by atoms with Crippen LogP contribution in [0.2, 0.25) is 0 Å². The van der Waals surface area contributed by atoms with Crippen LogP contribution in [0.4, 0.5) is 0 Å². The smallest absolute Gasteiger partial charge is 0.254 e. The average Bonchev–Trinajstić information content (AvgIpc) is 2.13. The van der Waals surface area contributed by atoms with Gasteiger partial charge in [0.05, 0.1) is 0 Å². The zero-order valence-electron chi connectivity index (χ0n) is 9.03. The number of hydrogen-bond acceptors (Lipinski definition) is 2. The third-order valence-electron chi connectivity index (χ3n) is 2.62. The van der Waals surface area contributed by atoms with Crippen molar-refractivity contribution >= 4 is 5.91 Å². The number of amides is 1. The zero-order valence-corrected chi connectivity index (χ0v) is 9.03. The van der Waals surface area contributed by atoms with Gasteiger partial charge in [0.2, 0.25) is 0 Å². The van der Waals surface area contributed by atoms with Crippen LogP contribution in [0.5, 0.6) is 5.75 Å². The standard InChI is InChI=1S/C12H15NO2/c1-12(2)7-13(8-12)11(15)9-4-3-5-10(14)6-9/h3-6,14H,7-8H2,1-2H3. The Balaban J connectivity index is 2.10. The van der Waals surface area contributed by atoms with Crippen LogP contribution in [0.15, 0.2) is 24.3 Å². The number of phenols is 1. The molecule has 2 rings (SSSR count). The number of aromatic hydroxyl groups is 1. The number of carbonyl (C=O) groups excluding carboxylic acids is 1. The average molecular weight is 205 g/mol. The van der Waals surface area contributed by atoms with Gasteiger partial charge in [-0.25, -0.2) is 0 Å². The SMILES string of the molecule is CC1(C)CN(C(=O)c2cccc(O)c2)C1. The molecule has 15 heavy (non-hydrogen) atoms. The number of benzene rings is 1. The highest BCUT2D eigenvalue weighted by Crippen LogP contribution is 2.30. The van der Waals surface area contributed by atoms with Crippen molar-refractivity contribution in [2.24, 2.45) is 5.41 Å². The Hall–Kier alpha value is -1.51. The highest BCUT2D eigenvalue weighted by atomic mass is 16.3. The zero-order chi connectivity index (χ0) is 11.1. The maximum Gasteiger partial charge on any atom is 0.254 e. The molecule has 1 aliphatic heterocycles. The van der Waals surface area contributed by atoms with Crippen molar-refractivity contribution in [3.63, 3.8) is 0 Å². The molecule has 0 saturated carbocycles. The minimum Gasteiger partial charge on any atom is -0.508 e. The van der Waals surface area contributed by atoms with Crippen molar-refractivity contribution in [1.29, 1.82) is 0 Å². The molecule has 0 radical (unpaired) electrons. The summed E-state index contributed by atoms with van der Waals surface area (Å²) < 4.78 is 0. The molecule has 1 aliphatic rings. The van der Waals surface area contributed by atoms with E-state index in [2.05, 4.69) is 13.8 Å². The summed E-state index contributed by atoms with van der Waals surface area (Å²) in [5, 5.41) is 9.27. The van der Waals surface area contributed by atoms with Gasteiger partial charge in [-0.15, -0.1) is 0 Å². The van der Waals surface area contributed by atoms with Gasteiger partial charge in [0.15, 0.2) is 0 Å². The highest BCUT2D eigenvalue weighted by molar-refractivity contribution is 5.95. The van der Waals surface area contributed by atoms with Crippen LogP contribution in [0.1, 0.15) is 24.2 Å². The van der Waals surface area contributed by atoms with Crippen LogP contribution in [-0.2, 0) is 0 Å². The molecule has 1 fully saturated rings. The molecule has 1 aromatic carbocycles. The van der Waals surface area contributed by atoms with Gasteiger partial charge in [0.25, 0.3) is 5.91 Å².